The predicted octanol–water partition coefficient (Wildman–Crippen LogP) is 2.95. The van der Waals surface area contributed by atoms with Crippen molar-refractivity contribution in [3.8, 4) is 23.0 Å². The van der Waals surface area contributed by atoms with Crippen LogP contribution in [0, 0.1) is 0 Å². The molecule has 1 aromatic carbocycles. The maximum atomic E-state index is 5.27. The third-order valence-electron chi connectivity index (χ3n) is 2.83. The lowest BCUT2D eigenvalue weighted by molar-refractivity contribution is 0.185. The summed E-state index contributed by atoms with van der Waals surface area (Å²) in [5, 5.41) is 3.95. The van der Waals surface area contributed by atoms with Crippen molar-refractivity contribution in [3.05, 3.63) is 54.2 Å². The minimum Gasteiger partial charge on any atom is -0.380 e. The van der Waals surface area contributed by atoms with Gasteiger partial charge in [-0.05, 0) is 29.8 Å². The van der Waals surface area contributed by atoms with Gasteiger partial charge in [0.2, 0.25) is 5.82 Å². The second-order valence-corrected chi connectivity index (χ2v) is 4.27. The molecular weight excluding hydrogens is 254 g/mol. The van der Waals surface area contributed by atoms with Crippen LogP contribution in [0.2, 0.25) is 0 Å². The summed E-state index contributed by atoms with van der Waals surface area (Å²) in [6.45, 7) is 0.587. The van der Waals surface area contributed by atoms with Crippen LogP contribution in [0.25, 0.3) is 23.0 Å². The quantitative estimate of drug-likeness (QED) is 0.727. The van der Waals surface area contributed by atoms with Gasteiger partial charge in [0, 0.05) is 18.9 Å². The Balaban J connectivity index is 1.86. The average Bonchev–Trinajstić information content (AvgIpc) is 2.99. The topological polar surface area (TPSA) is 61.0 Å². The van der Waals surface area contributed by atoms with Crippen molar-refractivity contribution in [2.24, 2.45) is 0 Å². The normalized spacial score (nSPS) is 10.7. The molecule has 0 N–H and O–H groups in total. The van der Waals surface area contributed by atoms with E-state index in [1.54, 1.807) is 13.3 Å². The summed E-state index contributed by atoms with van der Waals surface area (Å²) < 4.78 is 10.3. The third-order valence-corrected chi connectivity index (χ3v) is 2.83. The van der Waals surface area contributed by atoms with E-state index in [2.05, 4.69) is 15.1 Å². The fourth-order valence-electron chi connectivity index (χ4n) is 1.85. The summed E-state index contributed by atoms with van der Waals surface area (Å²) >= 11 is 0. The number of ether oxygens (including phenoxy) is 1. The van der Waals surface area contributed by atoms with E-state index >= 15 is 0 Å². The molecule has 0 aliphatic carbocycles. The Kier molecular flexibility index (Phi) is 3.52. The number of rotatable bonds is 4. The van der Waals surface area contributed by atoms with Crippen molar-refractivity contribution in [2.45, 2.75) is 6.61 Å². The van der Waals surface area contributed by atoms with Crippen LogP contribution >= 0.6 is 0 Å². The van der Waals surface area contributed by atoms with E-state index in [0.29, 0.717) is 24.0 Å². The van der Waals surface area contributed by atoms with Crippen LogP contribution in [0.3, 0.4) is 0 Å². The summed E-state index contributed by atoms with van der Waals surface area (Å²) in [6, 6.07) is 13.4. The van der Waals surface area contributed by atoms with Gasteiger partial charge in [-0.25, -0.2) is 0 Å². The highest BCUT2D eigenvalue weighted by molar-refractivity contribution is 5.57. The molecule has 2 aromatic heterocycles. The van der Waals surface area contributed by atoms with E-state index in [4.69, 9.17) is 9.26 Å². The number of methoxy groups -OCH3 is 1. The zero-order valence-electron chi connectivity index (χ0n) is 11.0. The van der Waals surface area contributed by atoms with E-state index in [-0.39, 0.29) is 0 Å². The molecule has 0 saturated carbocycles. The fraction of sp³-hybridized carbons (Fsp3) is 0.133. The first-order valence-electron chi connectivity index (χ1n) is 6.20. The van der Waals surface area contributed by atoms with Crippen molar-refractivity contribution >= 4 is 0 Å². The monoisotopic (exact) mass is 267 g/mol. The minimum absolute atomic E-state index is 0.481. The standard InChI is InChI=1S/C15H13N3O2/c1-19-10-11-5-7-12(8-6-11)15-17-14(18-20-15)13-4-2-3-9-16-13/h2-9H,10H2,1H3. The maximum Gasteiger partial charge on any atom is 0.258 e. The van der Waals surface area contributed by atoms with Crippen LogP contribution in [-0.4, -0.2) is 22.2 Å². The number of hydrogen-bond acceptors (Lipinski definition) is 5. The lowest BCUT2D eigenvalue weighted by Crippen LogP contribution is -1.87. The smallest absolute Gasteiger partial charge is 0.258 e. The van der Waals surface area contributed by atoms with Gasteiger partial charge in [0.05, 0.1) is 6.61 Å². The van der Waals surface area contributed by atoms with Crippen LogP contribution in [0.1, 0.15) is 5.56 Å². The summed E-state index contributed by atoms with van der Waals surface area (Å²) in [5.41, 5.74) is 2.67. The summed E-state index contributed by atoms with van der Waals surface area (Å²) in [4.78, 5) is 8.55. The highest BCUT2D eigenvalue weighted by Gasteiger charge is 2.10. The lowest BCUT2D eigenvalue weighted by atomic mass is 10.1. The molecule has 0 bridgehead atoms. The average molecular weight is 267 g/mol. The molecule has 0 aliphatic rings. The van der Waals surface area contributed by atoms with Crippen molar-refractivity contribution in [1.29, 1.82) is 0 Å². The van der Waals surface area contributed by atoms with Gasteiger partial charge in [-0.3, -0.25) is 4.98 Å². The number of aromatic nitrogens is 3. The molecule has 0 radical (unpaired) electrons. The summed E-state index contributed by atoms with van der Waals surface area (Å²) in [6.07, 6.45) is 1.70. The largest absolute Gasteiger partial charge is 0.380 e. The van der Waals surface area contributed by atoms with Gasteiger partial charge in [-0.15, -0.1) is 0 Å². The Morgan fingerprint density at radius 3 is 2.65 bits per heavy atom. The Morgan fingerprint density at radius 1 is 1.10 bits per heavy atom. The molecule has 0 aliphatic heterocycles. The van der Waals surface area contributed by atoms with Gasteiger partial charge in [-0.1, -0.05) is 23.4 Å². The van der Waals surface area contributed by atoms with Crippen LogP contribution in [0.15, 0.2) is 53.2 Å². The van der Waals surface area contributed by atoms with E-state index < -0.39 is 0 Å². The fourth-order valence-corrected chi connectivity index (χ4v) is 1.85. The molecule has 0 saturated heterocycles. The van der Waals surface area contributed by atoms with Gasteiger partial charge in [0.15, 0.2) is 0 Å². The first-order chi connectivity index (χ1) is 9.86. The zero-order valence-corrected chi connectivity index (χ0v) is 11.0. The van der Waals surface area contributed by atoms with Crippen molar-refractivity contribution in [1.82, 2.24) is 15.1 Å². The molecule has 0 unspecified atom stereocenters. The second-order valence-electron chi connectivity index (χ2n) is 4.27. The van der Waals surface area contributed by atoms with E-state index in [9.17, 15) is 0 Å². The number of nitrogens with zero attached hydrogens (tertiary/aromatic N) is 3. The molecule has 0 amide bonds. The van der Waals surface area contributed by atoms with Crippen LogP contribution < -0.4 is 0 Å². The van der Waals surface area contributed by atoms with Crippen molar-refractivity contribution < 1.29 is 9.26 Å². The molecule has 5 heteroatoms. The van der Waals surface area contributed by atoms with Crippen LogP contribution in [-0.2, 0) is 11.3 Å². The summed E-state index contributed by atoms with van der Waals surface area (Å²) in [5.74, 6) is 0.969. The predicted molar refractivity (Wildman–Crippen MR) is 73.7 cm³/mol. The van der Waals surface area contributed by atoms with Gasteiger partial charge >= 0.3 is 0 Å². The van der Waals surface area contributed by atoms with Gasteiger partial charge in [0.25, 0.3) is 5.89 Å². The Hall–Kier alpha value is -2.53. The number of benzene rings is 1. The molecule has 0 fully saturated rings. The molecule has 5 nitrogen and oxygen atoms in total. The second kappa shape index (κ2) is 5.63. The Morgan fingerprint density at radius 2 is 1.95 bits per heavy atom. The number of hydrogen-bond donors (Lipinski definition) is 0. The Bertz CT molecular complexity index is 678. The van der Waals surface area contributed by atoms with E-state index in [1.165, 1.54) is 0 Å². The molecular formula is C15H13N3O2. The minimum atomic E-state index is 0.481. The van der Waals surface area contributed by atoms with Crippen LogP contribution in [0.5, 0.6) is 0 Å². The SMILES string of the molecule is COCc1ccc(-c2nc(-c3ccccn3)no2)cc1. The Labute approximate surface area is 116 Å². The molecule has 3 aromatic rings. The molecule has 2 heterocycles. The lowest BCUT2D eigenvalue weighted by Gasteiger charge is -1.99. The van der Waals surface area contributed by atoms with Gasteiger partial charge in [-0.2, -0.15) is 4.98 Å². The van der Waals surface area contributed by atoms with Crippen LogP contribution in [0.4, 0.5) is 0 Å². The highest BCUT2D eigenvalue weighted by atomic mass is 16.5. The summed E-state index contributed by atoms with van der Waals surface area (Å²) in [7, 11) is 1.67. The third kappa shape index (κ3) is 2.57. The first-order valence-corrected chi connectivity index (χ1v) is 6.20. The maximum absolute atomic E-state index is 5.27. The van der Waals surface area contributed by atoms with E-state index in [1.807, 2.05) is 42.5 Å². The zero-order chi connectivity index (χ0) is 13.8. The first kappa shape index (κ1) is 12.5. The number of pyridine rings is 1. The van der Waals surface area contributed by atoms with Crippen molar-refractivity contribution in [2.75, 3.05) is 7.11 Å². The van der Waals surface area contributed by atoms with E-state index in [0.717, 1.165) is 11.1 Å². The molecule has 3 rings (SSSR count). The molecule has 0 atom stereocenters. The van der Waals surface area contributed by atoms with Crippen molar-refractivity contribution in [3.63, 3.8) is 0 Å². The highest BCUT2D eigenvalue weighted by Crippen LogP contribution is 2.21. The molecule has 100 valence electrons. The molecule has 20 heavy (non-hydrogen) atoms. The molecule has 0 spiro atoms. The van der Waals surface area contributed by atoms with Gasteiger partial charge < -0.3 is 9.26 Å². The van der Waals surface area contributed by atoms with Gasteiger partial charge in [0.1, 0.15) is 5.69 Å².